The monoisotopic (exact) mass is 373 g/mol. The highest BCUT2D eigenvalue weighted by Crippen LogP contribution is 2.38. The summed E-state index contributed by atoms with van der Waals surface area (Å²) in [5, 5.41) is 41.5. The Morgan fingerprint density at radius 3 is 1.85 bits per heavy atom. The highest BCUT2D eigenvalue weighted by atomic mass is 16.6. The number of rotatable bonds is 3. The molecule has 0 atom stereocenters. The van der Waals surface area contributed by atoms with Crippen molar-refractivity contribution in [1.29, 1.82) is 0 Å². The SMILES string of the molecule is C[n+]1cccc2ccccc21.O=[N+]([O-])c1cc([N+](=O)[O-])c(O)c([N+](=O)[O-])c1. The number of hydrogen-bond donors (Lipinski definition) is 1. The number of benzene rings is 2. The van der Waals surface area contributed by atoms with E-state index in [1.54, 1.807) is 0 Å². The zero-order valence-corrected chi connectivity index (χ0v) is 13.9. The first-order valence-electron chi connectivity index (χ1n) is 7.36. The van der Waals surface area contributed by atoms with Gasteiger partial charge in [-0.2, -0.15) is 0 Å². The fraction of sp³-hybridized carbons (Fsp3) is 0.0625. The molecule has 27 heavy (non-hydrogen) atoms. The summed E-state index contributed by atoms with van der Waals surface area (Å²) in [7, 11) is 2.06. The van der Waals surface area contributed by atoms with E-state index in [2.05, 4.69) is 54.2 Å². The zero-order chi connectivity index (χ0) is 20.1. The van der Waals surface area contributed by atoms with E-state index in [-0.39, 0.29) is 0 Å². The Labute approximate surface area is 151 Å². The molecule has 1 aromatic heterocycles. The Balaban J connectivity index is 0.000000206. The van der Waals surface area contributed by atoms with E-state index < -0.39 is 37.6 Å². The van der Waals surface area contributed by atoms with Crippen molar-refractivity contribution in [2.75, 3.05) is 0 Å². The number of para-hydroxylation sites is 1. The largest absolute Gasteiger partial charge is 0.497 e. The Bertz CT molecular complexity index is 1010. The van der Waals surface area contributed by atoms with Crippen LogP contribution in [0.4, 0.5) is 17.1 Å². The van der Waals surface area contributed by atoms with E-state index in [9.17, 15) is 30.3 Å². The topological polar surface area (TPSA) is 154 Å². The predicted molar refractivity (Wildman–Crippen MR) is 93.2 cm³/mol. The molecule has 138 valence electrons. The van der Waals surface area contributed by atoms with Gasteiger partial charge < -0.3 is 5.11 Å². The summed E-state index contributed by atoms with van der Waals surface area (Å²) >= 11 is 0. The van der Waals surface area contributed by atoms with E-state index in [4.69, 9.17) is 5.11 Å². The number of aromatic nitrogens is 1. The minimum Gasteiger partial charge on any atom is -0.497 e. The maximum Gasteiger partial charge on any atom is 0.324 e. The van der Waals surface area contributed by atoms with Gasteiger partial charge >= 0.3 is 11.4 Å². The van der Waals surface area contributed by atoms with E-state index in [1.165, 1.54) is 10.9 Å². The van der Waals surface area contributed by atoms with Crippen LogP contribution in [0.15, 0.2) is 54.7 Å². The lowest BCUT2D eigenvalue weighted by Gasteiger charge is -1.97. The number of aryl methyl sites for hydroxylation is 1. The van der Waals surface area contributed by atoms with Gasteiger partial charge in [-0.15, -0.1) is 0 Å². The number of fused-ring (bicyclic) bond motifs is 1. The number of nitro benzene ring substituents is 3. The summed E-state index contributed by atoms with van der Waals surface area (Å²) in [5.74, 6) is -1.21. The molecular formula is C16H13N4O7+. The maximum atomic E-state index is 10.4. The van der Waals surface area contributed by atoms with E-state index in [1.807, 2.05) is 0 Å². The molecule has 3 aromatic rings. The van der Waals surface area contributed by atoms with Crippen LogP contribution in [-0.4, -0.2) is 19.9 Å². The van der Waals surface area contributed by atoms with Crippen molar-refractivity contribution >= 4 is 28.0 Å². The van der Waals surface area contributed by atoms with Crippen LogP contribution in [0.2, 0.25) is 0 Å². The molecule has 0 amide bonds. The zero-order valence-electron chi connectivity index (χ0n) is 13.9. The predicted octanol–water partition coefficient (Wildman–Crippen LogP) is 2.78. The van der Waals surface area contributed by atoms with Crippen LogP contribution >= 0.6 is 0 Å². The van der Waals surface area contributed by atoms with Crippen molar-refractivity contribution < 1.29 is 24.4 Å². The molecule has 11 heteroatoms. The van der Waals surface area contributed by atoms with E-state index >= 15 is 0 Å². The summed E-state index contributed by atoms with van der Waals surface area (Å²) < 4.78 is 2.12. The molecule has 0 fully saturated rings. The van der Waals surface area contributed by atoms with Crippen molar-refractivity contribution in [3.63, 3.8) is 0 Å². The summed E-state index contributed by atoms with van der Waals surface area (Å²) in [4.78, 5) is 27.8. The van der Waals surface area contributed by atoms with Crippen LogP contribution in [0.25, 0.3) is 10.9 Å². The second kappa shape index (κ2) is 7.82. The number of aromatic hydroxyl groups is 1. The average molecular weight is 373 g/mol. The third-order valence-electron chi connectivity index (χ3n) is 3.56. The average Bonchev–Trinajstić information content (AvgIpc) is 2.62. The minimum atomic E-state index is -1.21. The Morgan fingerprint density at radius 2 is 1.37 bits per heavy atom. The smallest absolute Gasteiger partial charge is 0.324 e. The number of nitro groups is 3. The molecule has 1 N–H and O–H groups in total. The van der Waals surface area contributed by atoms with Crippen molar-refractivity contribution in [3.05, 3.63) is 85.1 Å². The Kier molecular flexibility index (Phi) is 5.56. The van der Waals surface area contributed by atoms with Crippen LogP contribution < -0.4 is 4.57 Å². The summed E-state index contributed by atoms with van der Waals surface area (Å²) in [6.45, 7) is 0. The molecule has 0 bridgehead atoms. The molecule has 2 aromatic carbocycles. The number of phenolic OH excluding ortho intramolecular Hbond substituents is 1. The summed E-state index contributed by atoms with van der Waals surface area (Å²) in [6, 6.07) is 13.4. The molecule has 0 aliphatic rings. The van der Waals surface area contributed by atoms with Gasteiger partial charge in [0.2, 0.25) is 5.52 Å². The Morgan fingerprint density at radius 1 is 0.852 bits per heavy atom. The van der Waals surface area contributed by atoms with Gasteiger partial charge in [-0.1, -0.05) is 12.1 Å². The molecule has 1 heterocycles. The first-order valence-corrected chi connectivity index (χ1v) is 7.36. The normalized spacial score (nSPS) is 9.96. The first-order chi connectivity index (χ1) is 12.7. The number of non-ortho nitro benzene ring substituents is 1. The van der Waals surface area contributed by atoms with Gasteiger partial charge in [-0.3, -0.25) is 30.3 Å². The summed E-state index contributed by atoms with van der Waals surface area (Å²) in [6.07, 6.45) is 2.06. The lowest BCUT2D eigenvalue weighted by molar-refractivity contribution is -0.644. The maximum absolute atomic E-state index is 10.4. The number of phenols is 1. The van der Waals surface area contributed by atoms with Crippen LogP contribution in [0.1, 0.15) is 0 Å². The third kappa shape index (κ3) is 4.28. The van der Waals surface area contributed by atoms with Crippen LogP contribution in [0.5, 0.6) is 5.75 Å². The molecule has 0 saturated heterocycles. The number of pyridine rings is 1. The van der Waals surface area contributed by atoms with Crippen LogP contribution in [0, 0.1) is 30.3 Å². The summed E-state index contributed by atoms with van der Waals surface area (Å²) in [5.41, 5.74) is -1.73. The highest BCUT2D eigenvalue weighted by molar-refractivity contribution is 5.74. The third-order valence-corrected chi connectivity index (χ3v) is 3.56. The number of hydrogen-bond acceptors (Lipinski definition) is 7. The van der Waals surface area contributed by atoms with Gasteiger partial charge in [0.15, 0.2) is 6.20 Å². The fourth-order valence-corrected chi connectivity index (χ4v) is 2.28. The first kappa shape index (κ1) is 19.2. The van der Waals surface area contributed by atoms with E-state index in [0.29, 0.717) is 12.1 Å². The quantitative estimate of drug-likeness (QED) is 0.420. The molecule has 0 spiro atoms. The van der Waals surface area contributed by atoms with Gasteiger partial charge in [0.05, 0.1) is 26.9 Å². The van der Waals surface area contributed by atoms with Gasteiger partial charge in [0.1, 0.15) is 7.05 Å². The minimum absolute atomic E-state index is 0.447. The standard InChI is InChI=1S/C10H10N.C6H3N3O7/c1-11-8-4-6-9-5-2-3-7-10(9)11;10-6-4(8(13)14)1-3(7(11)12)2-5(6)9(15)16/h2-8H,1H3;1-2,10H/q+1;. The van der Waals surface area contributed by atoms with Gasteiger partial charge in [-0.25, -0.2) is 4.57 Å². The second-order valence-electron chi connectivity index (χ2n) is 5.28. The second-order valence-corrected chi connectivity index (χ2v) is 5.28. The molecule has 0 aliphatic carbocycles. The molecule has 11 nitrogen and oxygen atoms in total. The molecular weight excluding hydrogens is 360 g/mol. The van der Waals surface area contributed by atoms with Crippen molar-refractivity contribution in [1.82, 2.24) is 0 Å². The molecule has 0 unspecified atom stereocenters. The Hall–Kier alpha value is -4.15. The van der Waals surface area contributed by atoms with Crippen LogP contribution in [0.3, 0.4) is 0 Å². The van der Waals surface area contributed by atoms with Crippen molar-refractivity contribution in [3.8, 4) is 5.75 Å². The molecule has 0 saturated carbocycles. The van der Waals surface area contributed by atoms with Crippen molar-refractivity contribution in [2.24, 2.45) is 7.05 Å². The van der Waals surface area contributed by atoms with Crippen molar-refractivity contribution in [2.45, 2.75) is 0 Å². The lowest BCUT2D eigenvalue weighted by Crippen LogP contribution is -2.27. The van der Waals surface area contributed by atoms with E-state index in [0.717, 1.165) is 0 Å². The number of nitrogens with zero attached hydrogens (tertiary/aromatic N) is 4. The van der Waals surface area contributed by atoms with Gasteiger partial charge in [0.25, 0.3) is 11.4 Å². The lowest BCUT2D eigenvalue weighted by atomic mass is 10.2. The fourth-order valence-electron chi connectivity index (χ4n) is 2.28. The molecule has 3 rings (SSSR count). The molecule has 0 radical (unpaired) electrons. The molecule has 0 aliphatic heterocycles. The highest BCUT2D eigenvalue weighted by Gasteiger charge is 2.30. The van der Waals surface area contributed by atoms with Gasteiger partial charge in [0, 0.05) is 17.5 Å². The van der Waals surface area contributed by atoms with Gasteiger partial charge in [-0.05, 0) is 12.1 Å². The van der Waals surface area contributed by atoms with Crippen LogP contribution in [-0.2, 0) is 7.05 Å².